The van der Waals surface area contributed by atoms with E-state index in [0.717, 1.165) is 56.9 Å². The largest absolute Gasteiger partial charge is 0.494 e. The third kappa shape index (κ3) is 5.27. The van der Waals surface area contributed by atoms with Crippen LogP contribution in [0.1, 0.15) is 38.5 Å². The van der Waals surface area contributed by atoms with Gasteiger partial charge in [-0.15, -0.1) is 0 Å². The van der Waals surface area contributed by atoms with Crippen LogP contribution in [0.2, 0.25) is 0 Å². The summed E-state index contributed by atoms with van der Waals surface area (Å²) >= 11 is 0. The molecule has 1 spiro atoms. The molecule has 0 unspecified atom stereocenters. The number of benzene rings is 1. The fraction of sp³-hybridized carbons (Fsp3) is 0.538. The minimum atomic E-state index is -0.562. The molecule has 8 heteroatoms. The summed E-state index contributed by atoms with van der Waals surface area (Å²) in [6, 6.07) is 11.1. The van der Waals surface area contributed by atoms with Gasteiger partial charge in [0.25, 0.3) is 0 Å². The number of rotatable bonds is 7. The van der Waals surface area contributed by atoms with E-state index < -0.39 is 11.5 Å². The van der Waals surface area contributed by atoms with Crippen molar-refractivity contribution >= 4 is 17.5 Å². The van der Waals surface area contributed by atoms with Crippen molar-refractivity contribution in [3.05, 3.63) is 48.5 Å². The molecule has 3 aliphatic rings. The SMILES string of the molecule is O=C1OC2(CCN(c3ccc(OCCCN4CCCCC4)cc3)CC2)CN1c1ccc(F)nc1. The van der Waals surface area contributed by atoms with E-state index in [2.05, 4.69) is 26.9 Å². The van der Waals surface area contributed by atoms with Gasteiger partial charge in [-0.25, -0.2) is 9.78 Å². The number of hydrogen-bond donors (Lipinski definition) is 0. The number of aromatic nitrogens is 1. The predicted octanol–water partition coefficient (Wildman–Crippen LogP) is 4.47. The lowest BCUT2D eigenvalue weighted by Crippen LogP contribution is -2.47. The van der Waals surface area contributed by atoms with E-state index in [1.54, 1.807) is 11.0 Å². The van der Waals surface area contributed by atoms with Gasteiger partial charge in [0.2, 0.25) is 5.95 Å². The Morgan fingerprint density at radius 2 is 1.71 bits per heavy atom. The Morgan fingerprint density at radius 3 is 2.41 bits per heavy atom. The molecular weight excluding hydrogens is 435 g/mol. The summed E-state index contributed by atoms with van der Waals surface area (Å²) < 4.78 is 24.9. The van der Waals surface area contributed by atoms with E-state index >= 15 is 0 Å². The molecule has 1 aromatic heterocycles. The molecule has 0 saturated carbocycles. The Bertz CT molecular complexity index is 955. The van der Waals surface area contributed by atoms with Gasteiger partial charge in [0, 0.05) is 38.2 Å². The highest BCUT2D eigenvalue weighted by Crippen LogP contribution is 2.37. The topological polar surface area (TPSA) is 58.1 Å². The number of piperidine rings is 2. The van der Waals surface area contributed by atoms with Crippen molar-refractivity contribution in [2.24, 2.45) is 0 Å². The average molecular weight is 469 g/mol. The molecule has 34 heavy (non-hydrogen) atoms. The van der Waals surface area contributed by atoms with Gasteiger partial charge in [-0.1, -0.05) is 6.42 Å². The lowest BCUT2D eigenvalue weighted by atomic mass is 9.91. The second-order valence-electron chi connectivity index (χ2n) is 9.56. The summed E-state index contributed by atoms with van der Waals surface area (Å²) in [6.45, 7) is 6.40. The summed E-state index contributed by atoms with van der Waals surface area (Å²) in [7, 11) is 0. The van der Waals surface area contributed by atoms with Crippen molar-refractivity contribution in [1.29, 1.82) is 0 Å². The molecule has 3 aliphatic heterocycles. The quantitative estimate of drug-likeness (QED) is 0.441. The molecule has 0 N–H and O–H groups in total. The number of ether oxygens (including phenoxy) is 2. The van der Waals surface area contributed by atoms with Crippen molar-refractivity contribution in [1.82, 2.24) is 9.88 Å². The number of nitrogens with zero attached hydrogens (tertiary/aromatic N) is 4. The van der Waals surface area contributed by atoms with Gasteiger partial charge in [0.15, 0.2) is 0 Å². The Hall–Kier alpha value is -2.87. The minimum absolute atomic E-state index is 0.386. The Morgan fingerprint density at radius 1 is 0.971 bits per heavy atom. The van der Waals surface area contributed by atoms with E-state index in [1.165, 1.54) is 44.6 Å². The zero-order chi connectivity index (χ0) is 23.4. The maximum Gasteiger partial charge on any atom is 0.415 e. The van der Waals surface area contributed by atoms with Crippen LogP contribution >= 0.6 is 0 Å². The van der Waals surface area contributed by atoms with Crippen molar-refractivity contribution in [3.8, 4) is 5.75 Å². The number of carbonyl (C=O) groups is 1. The Kier molecular flexibility index (Phi) is 6.85. The first kappa shape index (κ1) is 22.9. The van der Waals surface area contributed by atoms with Crippen LogP contribution in [-0.2, 0) is 4.74 Å². The molecule has 2 aromatic rings. The van der Waals surface area contributed by atoms with Gasteiger partial charge < -0.3 is 19.3 Å². The number of amides is 1. The fourth-order valence-electron chi connectivity index (χ4n) is 5.20. The Labute approximate surface area is 200 Å². The zero-order valence-corrected chi connectivity index (χ0v) is 19.6. The van der Waals surface area contributed by atoms with Crippen LogP contribution in [0.4, 0.5) is 20.6 Å². The third-order valence-corrected chi connectivity index (χ3v) is 7.21. The predicted molar refractivity (Wildman–Crippen MR) is 129 cm³/mol. The average Bonchev–Trinajstić information content (AvgIpc) is 3.19. The van der Waals surface area contributed by atoms with Gasteiger partial charge in [0.1, 0.15) is 11.4 Å². The standard InChI is InChI=1S/C26H33FN4O3/c27-24-10-7-22(19-28-24)31-20-26(34-25(31)32)11-16-30(17-12-26)21-5-8-23(9-6-21)33-18-4-15-29-13-2-1-3-14-29/h5-10,19H,1-4,11-18,20H2. The second kappa shape index (κ2) is 10.2. The summed E-state index contributed by atoms with van der Waals surface area (Å²) in [5, 5.41) is 0. The van der Waals surface area contributed by atoms with E-state index in [0.29, 0.717) is 12.2 Å². The van der Waals surface area contributed by atoms with Crippen molar-refractivity contribution in [2.75, 3.05) is 55.7 Å². The number of hydrogen-bond acceptors (Lipinski definition) is 6. The van der Waals surface area contributed by atoms with Crippen molar-refractivity contribution < 1.29 is 18.7 Å². The molecule has 0 bridgehead atoms. The lowest BCUT2D eigenvalue weighted by molar-refractivity contribution is 0.0367. The highest BCUT2D eigenvalue weighted by Gasteiger charge is 2.47. The first-order valence-corrected chi connectivity index (χ1v) is 12.4. The summed E-state index contributed by atoms with van der Waals surface area (Å²) in [5.41, 5.74) is 1.22. The second-order valence-corrected chi connectivity index (χ2v) is 9.56. The third-order valence-electron chi connectivity index (χ3n) is 7.21. The first-order valence-electron chi connectivity index (χ1n) is 12.4. The van der Waals surface area contributed by atoms with E-state index in [4.69, 9.17) is 9.47 Å². The molecule has 3 fully saturated rings. The lowest BCUT2D eigenvalue weighted by Gasteiger charge is -2.38. The number of carbonyl (C=O) groups excluding carboxylic acids is 1. The molecule has 7 nitrogen and oxygen atoms in total. The summed E-state index contributed by atoms with van der Waals surface area (Å²) in [5.74, 6) is 0.345. The molecule has 4 heterocycles. The van der Waals surface area contributed by atoms with Crippen molar-refractivity contribution in [2.45, 2.75) is 44.1 Å². The van der Waals surface area contributed by atoms with Crippen LogP contribution in [0.15, 0.2) is 42.6 Å². The molecule has 1 amide bonds. The number of pyridine rings is 1. The molecule has 5 rings (SSSR count). The monoisotopic (exact) mass is 468 g/mol. The highest BCUT2D eigenvalue weighted by atomic mass is 19.1. The van der Waals surface area contributed by atoms with Crippen LogP contribution in [0, 0.1) is 5.95 Å². The summed E-state index contributed by atoms with van der Waals surface area (Å²) in [6.07, 6.45) is 7.57. The molecule has 182 valence electrons. The van der Waals surface area contributed by atoms with Crippen LogP contribution in [0.3, 0.4) is 0 Å². The van der Waals surface area contributed by atoms with Crippen LogP contribution in [0.25, 0.3) is 0 Å². The van der Waals surface area contributed by atoms with Crippen LogP contribution < -0.4 is 14.5 Å². The number of anilines is 2. The fourth-order valence-corrected chi connectivity index (χ4v) is 5.20. The van der Waals surface area contributed by atoms with Crippen LogP contribution in [-0.4, -0.2) is 67.5 Å². The van der Waals surface area contributed by atoms with E-state index in [9.17, 15) is 9.18 Å². The smallest absolute Gasteiger partial charge is 0.415 e. The van der Waals surface area contributed by atoms with Gasteiger partial charge in [-0.3, -0.25) is 4.90 Å². The number of likely N-dealkylation sites (tertiary alicyclic amines) is 1. The molecule has 1 aromatic carbocycles. The first-order chi connectivity index (χ1) is 16.6. The van der Waals surface area contributed by atoms with Crippen LogP contribution in [0.5, 0.6) is 5.75 Å². The molecule has 0 radical (unpaired) electrons. The van der Waals surface area contributed by atoms with Gasteiger partial charge in [-0.05, 0) is 68.8 Å². The van der Waals surface area contributed by atoms with E-state index in [1.807, 2.05) is 12.1 Å². The van der Waals surface area contributed by atoms with E-state index in [-0.39, 0.29) is 6.09 Å². The van der Waals surface area contributed by atoms with Gasteiger partial charge >= 0.3 is 6.09 Å². The molecule has 0 aliphatic carbocycles. The van der Waals surface area contributed by atoms with Crippen molar-refractivity contribution in [3.63, 3.8) is 0 Å². The maximum absolute atomic E-state index is 13.1. The molecule has 0 atom stereocenters. The normalized spacial score (nSPS) is 20.6. The summed E-state index contributed by atoms with van der Waals surface area (Å²) in [4.78, 5) is 22.5. The van der Waals surface area contributed by atoms with Gasteiger partial charge in [0.05, 0.1) is 25.0 Å². The molecule has 3 saturated heterocycles. The minimum Gasteiger partial charge on any atom is -0.494 e. The number of halogens is 1. The Balaban J connectivity index is 1.09. The highest BCUT2D eigenvalue weighted by molar-refractivity contribution is 5.90. The molecular formula is C26H33FN4O3. The maximum atomic E-state index is 13.1. The van der Waals surface area contributed by atoms with Gasteiger partial charge in [-0.2, -0.15) is 4.39 Å². The zero-order valence-electron chi connectivity index (χ0n) is 19.6.